The van der Waals surface area contributed by atoms with Crippen LogP contribution in [-0.4, -0.2) is 42.3 Å². The van der Waals surface area contributed by atoms with Crippen molar-refractivity contribution in [3.63, 3.8) is 0 Å². The highest BCUT2D eigenvalue weighted by Crippen LogP contribution is 2.21. The maximum absolute atomic E-state index is 9.54. The number of likely N-dealkylation sites (tertiary alicyclic amines) is 1. The van der Waals surface area contributed by atoms with Gasteiger partial charge in [-0.05, 0) is 43.4 Å². The normalized spacial score (nSPS) is 24.9. The molecule has 19 heavy (non-hydrogen) atoms. The highest BCUT2D eigenvalue weighted by Gasteiger charge is 2.20. The van der Waals surface area contributed by atoms with Gasteiger partial charge in [0, 0.05) is 38.4 Å². The number of benzene rings is 1. The van der Waals surface area contributed by atoms with Gasteiger partial charge in [-0.1, -0.05) is 12.1 Å². The minimum atomic E-state index is -0.118. The Morgan fingerprint density at radius 3 is 2.37 bits per heavy atom. The largest absolute Gasteiger partial charge is 0.392 e. The maximum Gasteiger partial charge on any atom is 0.0679 e. The highest BCUT2D eigenvalue weighted by molar-refractivity contribution is 5.47. The van der Waals surface area contributed by atoms with Gasteiger partial charge in [0.05, 0.1) is 6.10 Å². The zero-order valence-electron chi connectivity index (χ0n) is 11.6. The Balaban J connectivity index is 1.59. The first-order valence-electron chi connectivity index (χ1n) is 7.55. The van der Waals surface area contributed by atoms with Crippen molar-refractivity contribution >= 4 is 5.69 Å². The summed E-state index contributed by atoms with van der Waals surface area (Å²) in [6.07, 6.45) is 4.84. The lowest BCUT2D eigenvalue weighted by Gasteiger charge is -2.29. The summed E-state index contributed by atoms with van der Waals surface area (Å²) in [4.78, 5) is 4.83. The summed E-state index contributed by atoms with van der Waals surface area (Å²) in [6.45, 7) is 5.23. The minimum Gasteiger partial charge on any atom is -0.392 e. The fourth-order valence-corrected chi connectivity index (χ4v) is 3.18. The molecule has 104 valence electrons. The van der Waals surface area contributed by atoms with Crippen molar-refractivity contribution in [3.8, 4) is 0 Å². The minimum absolute atomic E-state index is 0.118. The average Bonchev–Trinajstić information content (AvgIpc) is 2.86. The van der Waals surface area contributed by atoms with Gasteiger partial charge in [0.15, 0.2) is 0 Å². The Kier molecular flexibility index (Phi) is 4.04. The van der Waals surface area contributed by atoms with E-state index in [1.165, 1.54) is 43.6 Å². The fourth-order valence-electron chi connectivity index (χ4n) is 3.18. The number of hydrogen-bond acceptors (Lipinski definition) is 3. The summed E-state index contributed by atoms with van der Waals surface area (Å²) in [7, 11) is 0. The molecule has 2 aliphatic rings. The molecule has 1 aromatic carbocycles. The van der Waals surface area contributed by atoms with Crippen molar-refractivity contribution in [1.82, 2.24) is 4.90 Å². The van der Waals surface area contributed by atoms with Crippen molar-refractivity contribution in [3.05, 3.63) is 29.8 Å². The zero-order chi connectivity index (χ0) is 13.1. The predicted octanol–water partition coefficient (Wildman–Crippen LogP) is 2.24. The molecule has 3 rings (SSSR count). The van der Waals surface area contributed by atoms with E-state index in [4.69, 9.17) is 0 Å². The monoisotopic (exact) mass is 260 g/mol. The van der Waals surface area contributed by atoms with Gasteiger partial charge in [0.25, 0.3) is 0 Å². The van der Waals surface area contributed by atoms with Crippen LogP contribution in [0.4, 0.5) is 5.69 Å². The summed E-state index contributed by atoms with van der Waals surface area (Å²) < 4.78 is 0. The predicted molar refractivity (Wildman–Crippen MR) is 78.4 cm³/mol. The number of aliphatic hydroxyl groups excluding tert-OH is 1. The second kappa shape index (κ2) is 5.93. The second-order valence-corrected chi connectivity index (χ2v) is 5.89. The lowest BCUT2D eigenvalue weighted by molar-refractivity contribution is 0.175. The van der Waals surface area contributed by atoms with E-state index in [0.717, 1.165) is 26.1 Å². The van der Waals surface area contributed by atoms with Crippen molar-refractivity contribution in [2.24, 2.45) is 0 Å². The Bertz CT molecular complexity index is 398. The molecule has 2 fully saturated rings. The summed E-state index contributed by atoms with van der Waals surface area (Å²) in [6, 6.07) is 9.00. The van der Waals surface area contributed by atoms with E-state index >= 15 is 0 Å². The molecule has 0 radical (unpaired) electrons. The third kappa shape index (κ3) is 3.28. The van der Waals surface area contributed by atoms with E-state index in [0.29, 0.717) is 0 Å². The first-order chi connectivity index (χ1) is 9.31. The first kappa shape index (κ1) is 12.9. The van der Waals surface area contributed by atoms with E-state index in [1.54, 1.807) is 0 Å². The first-order valence-corrected chi connectivity index (χ1v) is 7.55. The summed E-state index contributed by atoms with van der Waals surface area (Å²) in [5, 5.41) is 9.54. The summed E-state index contributed by atoms with van der Waals surface area (Å²) >= 11 is 0. The highest BCUT2D eigenvalue weighted by atomic mass is 16.3. The van der Waals surface area contributed by atoms with Gasteiger partial charge < -0.3 is 10.0 Å². The van der Waals surface area contributed by atoms with E-state index in [1.807, 2.05) is 0 Å². The quantitative estimate of drug-likeness (QED) is 0.903. The Hall–Kier alpha value is -1.06. The molecular formula is C16H24N2O. The fraction of sp³-hybridized carbons (Fsp3) is 0.625. The van der Waals surface area contributed by atoms with Crippen LogP contribution in [-0.2, 0) is 6.54 Å². The second-order valence-electron chi connectivity index (χ2n) is 5.89. The van der Waals surface area contributed by atoms with E-state index < -0.39 is 0 Å². The Morgan fingerprint density at radius 2 is 1.74 bits per heavy atom. The number of hydrogen-bond donors (Lipinski definition) is 1. The van der Waals surface area contributed by atoms with Gasteiger partial charge in [-0.2, -0.15) is 0 Å². The molecule has 2 saturated heterocycles. The Morgan fingerprint density at radius 1 is 1.00 bits per heavy atom. The van der Waals surface area contributed by atoms with Crippen LogP contribution in [0.25, 0.3) is 0 Å². The van der Waals surface area contributed by atoms with Crippen LogP contribution in [0.5, 0.6) is 0 Å². The molecule has 0 saturated carbocycles. The van der Waals surface area contributed by atoms with Gasteiger partial charge >= 0.3 is 0 Å². The third-order valence-electron chi connectivity index (χ3n) is 4.31. The van der Waals surface area contributed by atoms with Crippen LogP contribution in [0.15, 0.2) is 24.3 Å². The molecule has 2 heterocycles. The number of aliphatic hydroxyl groups is 1. The third-order valence-corrected chi connectivity index (χ3v) is 4.31. The molecule has 0 bridgehead atoms. The standard InChI is InChI=1S/C16H24N2O/c19-16-8-11-17(13-16)12-14-4-6-15(7-5-14)18-9-2-1-3-10-18/h4-7,16,19H,1-3,8-13H2/t16-/m1/s1. The number of β-amino-alcohol motifs (C(OH)–C–C–N with tert-alkyl or cyclic N) is 1. The molecule has 1 N–H and O–H groups in total. The van der Waals surface area contributed by atoms with E-state index in [-0.39, 0.29) is 6.10 Å². The van der Waals surface area contributed by atoms with Crippen LogP contribution in [0.2, 0.25) is 0 Å². The van der Waals surface area contributed by atoms with Crippen LogP contribution in [0.1, 0.15) is 31.2 Å². The van der Waals surface area contributed by atoms with E-state index in [9.17, 15) is 5.11 Å². The molecular weight excluding hydrogens is 236 g/mol. The van der Waals surface area contributed by atoms with E-state index in [2.05, 4.69) is 34.1 Å². The zero-order valence-corrected chi connectivity index (χ0v) is 11.6. The van der Waals surface area contributed by atoms with Gasteiger partial charge in [-0.25, -0.2) is 0 Å². The number of nitrogens with zero attached hydrogens (tertiary/aromatic N) is 2. The SMILES string of the molecule is O[C@@H]1CCN(Cc2ccc(N3CCCCC3)cc2)C1. The molecule has 0 amide bonds. The van der Waals surface area contributed by atoms with Gasteiger partial charge in [-0.3, -0.25) is 4.90 Å². The molecule has 3 nitrogen and oxygen atoms in total. The van der Waals surface area contributed by atoms with Crippen LogP contribution in [0, 0.1) is 0 Å². The number of piperidine rings is 1. The molecule has 0 aromatic heterocycles. The average molecular weight is 260 g/mol. The lowest BCUT2D eigenvalue weighted by atomic mass is 10.1. The van der Waals surface area contributed by atoms with Crippen LogP contribution in [0.3, 0.4) is 0 Å². The maximum atomic E-state index is 9.54. The van der Waals surface area contributed by atoms with Crippen molar-refractivity contribution in [2.45, 2.75) is 38.3 Å². The van der Waals surface area contributed by atoms with Crippen LogP contribution < -0.4 is 4.90 Å². The topological polar surface area (TPSA) is 26.7 Å². The number of rotatable bonds is 3. The van der Waals surface area contributed by atoms with Crippen LogP contribution >= 0.6 is 0 Å². The number of anilines is 1. The lowest BCUT2D eigenvalue weighted by Crippen LogP contribution is -2.29. The van der Waals surface area contributed by atoms with Gasteiger partial charge in [-0.15, -0.1) is 0 Å². The molecule has 3 heteroatoms. The molecule has 0 aliphatic carbocycles. The molecule has 1 aromatic rings. The van der Waals surface area contributed by atoms with Crippen molar-refractivity contribution in [1.29, 1.82) is 0 Å². The smallest absolute Gasteiger partial charge is 0.0679 e. The Labute approximate surface area is 115 Å². The van der Waals surface area contributed by atoms with Crippen molar-refractivity contribution in [2.75, 3.05) is 31.1 Å². The summed E-state index contributed by atoms with van der Waals surface area (Å²) in [5.41, 5.74) is 2.72. The van der Waals surface area contributed by atoms with Gasteiger partial charge in [0.2, 0.25) is 0 Å². The molecule has 0 unspecified atom stereocenters. The molecule has 2 aliphatic heterocycles. The van der Waals surface area contributed by atoms with Gasteiger partial charge in [0.1, 0.15) is 0 Å². The summed E-state index contributed by atoms with van der Waals surface area (Å²) in [5.74, 6) is 0. The molecule has 0 spiro atoms. The van der Waals surface area contributed by atoms with Crippen molar-refractivity contribution < 1.29 is 5.11 Å². The molecule has 1 atom stereocenters.